The number of sulfonamides is 1. The van der Waals surface area contributed by atoms with E-state index in [1.165, 1.54) is 23.1 Å². The SMILES string of the molecule is CCCCNC(=O)C(C)N(Cc1ccccc1Cl)C(=O)CN(c1cc(Cl)ccc1Cl)S(C)(=O)=O. The molecule has 186 valence electrons. The maximum absolute atomic E-state index is 13.5. The van der Waals surface area contributed by atoms with Crippen molar-refractivity contribution in [1.82, 2.24) is 10.2 Å². The molecular weight excluding hydrogens is 521 g/mol. The molecule has 0 aromatic heterocycles. The van der Waals surface area contributed by atoms with Crippen molar-refractivity contribution in [3.8, 4) is 0 Å². The smallest absolute Gasteiger partial charge is 0.244 e. The average molecular weight is 549 g/mol. The number of unbranched alkanes of at least 4 members (excludes halogenated alkanes) is 1. The predicted molar refractivity (Wildman–Crippen MR) is 138 cm³/mol. The quantitative estimate of drug-likeness (QED) is 0.411. The van der Waals surface area contributed by atoms with Crippen molar-refractivity contribution in [2.75, 3.05) is 23.7 Å². The van der Waals surface area contributed by atoms with Gasteiger partial charge in [0.05, 0.1) is 17.0 Å². The van der Waals surface area contributed by atoms with Gasteiger partial charge >= 0.3 is 0 Å². The molecular formula is C23H28Cl3N3O4S. The summed E-state index contributed by atoms with van der Waals surface area (Å²) in [6.45, 7) is 3.51. The molecule has 2 rings (SSSR count). The normalized spacial score (nSPS) is 12.2. The molecule has 0 saturated heterocycles. The Bertz CT molecular complexity index is 1130. The number of anilines is 1. The van der Waals surface area contributed by atoms with Gasteiger partial charge in [0.25, 0.3) is 0 Å². The number of carbonyl (C=O) groups excluding carboxylic acids is 2. The maximum Gasteiger partial charge on any atom is 0.244 e. The summed E-state index contributed by atoms with van der Waals surface area (Å²) in [5, 5.41) is 3.62. The first-order valence-electron chi connectivity index (χ1n) is 10.7. The van der Waals surface area contributed by atoms with E-state index < -0.39 is 28.5 Å². The van der Waals surface area contributed by atoms with Gasteiger partial charge in [-0.15, -0.1) is 0 Å². The first-order valence-corrected chi connectivity index (χ1v) is 13.7. The van der Waals surface area contributed by atoms with E-state index in [-0.39, 0.29) is 28.2 Å². The predicted octanol–water partition coefficient (Wildman–Crippen LogP) is 4.75. The third-order valence-corrected chi connectivity index (χ3v) is 7.20. The third-order valence-electron chi connectivity index (χ3n) is 5.15. The lowest BCUT2D eigenvalue weighted by Crippen LogP contribution is -2.51. The lowest BCUT2D eigenvalue weighted by Gasteiger charge is -2.32. The maximum atomic E-state index is 13.5. The fourth-order valence-electron chi connectivity index (χ4n) is 3.20. The monoisotopic (exact) mass is 547 g/mol. The Labute approximate surface area is 216 Å². The highest BCUT2D eigenvalue weighted by atomic mass is 35.5. The summed E-state index contributed by atoms with van der Waals surface area (Å²) in [4.78, 5) is 27.6. The van der Waals surface area contributed by atoms with Crippen LogP contribution in [0.15, 0.2) is 42.5 Å². The molecule has 0 spiro atoms. The number of amides is 2. The highest BCUT2D eigenvalue weighted by Gasteiger charge is 2.31. The van der Waals surface area contributed by atoms with Crippen LogP contribution in [0.4, 0.5) is 5.69 Å². The highest BCUT2D eigenvalue weighted by Crippen LogP contribution is 2.31. The second kappa shape index (κ2) is 12.6. The summed E-state index contributed by atoms with van der Waals surface area (Å²) in [7, 11) is -3.91. The van der Waals surface area contributed by atoms with Crippen LogP contribution in [-0.2, 0) is 26.2 Å². The van der Waals surface area contributed by atoms with Crippen LogP contribution in [-0.4, -0.2) is 50.5 Å². The molecule has 0 bridgehead atoms. The van der Waals surface area contributed by atoms with E-state index in [1.807, 2.05) is 6.92 Å². The number of rotatable bonds is 11. The van der Waals surface area contributed by atoms with Crippen LogP contribution < -0.4 is 9.62 Å². The zero-order chi connectivity index (χ0) is 25.5. The first-order chi connectivity index (χ1) is 16.0. The number of hydrogen-bond acceptors (Lipinski definition) is 4. The van der Waals surface area contributed by atoms with Crippen LogP contribution in [0, 0.1) is 0 Å². The molecule has 34 heavy (non-hydrogen) atoms. The zero-order valence-corrected chi connectivity index (χ0v) is 22.3. The van der Waals surface area contributed by atoms with Gasteiger partial charge in [0.1, 0.15) is 12.6 Å². The number of nitrogens with one attached hydrogen (secondary N) is 1. The Balaban J connectivity index is 2.41. The van der Waals surface area contributed by atoms with Gasteiger partial charge in [0.2, 0.25) is 21.8 Å². The minimum atomic E-state index is -3.91. The van der Waals surface area contributed by atoms with E-state index in [4.69, 9.17) is 34.8 Å². The van der Waals surface area contributed by atoms with Crippen molar-refractivity contribution in [3.05, 3.63) is 63.1 Å². The van der Waals surface area contributed by atoms with Gasteiger partial charge < -0.3 is 10.2 Å². The molecule has 0 saturated carbocycles. The molecule has 2 aromatic rings. The van der Waals surface area contributed by atoms with Gasteiger partial charge in [-0.3, -0.25) is 13.9 Å². The van der Waals surface area contributed by atoms with Crippen molar-refractivity contribution in [1.29, 1.82) is 0 Å². The van der Waals surface area contributed by atoms with E-state index in [2.05, 4.69) is 5.32 Å². The molecule has 0 aliphatic carbocycles. The van der Waals surface area contributed by atoms with Crippen LogP contribution in [0.3, 0.4) is 0 Å². The van der Waals surface area contributed by atoms with Gasteiger partial charge in [0.15, 0.2) is 0 Å². The number of halogens is 3. The summed E-state index contributed by atoms with van der Waals surface area (Å²) in [5.74, 6) is -0.944. The Morgan fingerprint density at radius 3 is 2.35 bits per heavy atom. The fourth-order valence-corrected chi connectivity index (χ4v) is 4.69. The van der Waals surface area contributed by atoms with Crippen molar-refractivity contribution in [3.63, 3.8) is 0 Å². The lowest BCUT2D eigenvalue weighted by atomic mass is 10.1. The summed E-state index contributed by atoms with van der Waals surface area (Å²) < 4.78 is 26.1. The summed E-state index contributed by atoms with van der Waals surface area (Å²) in [5.41, 5.74) is 0.695. The number of benzene rings is 2. The number of carbonyl (C=O) groups is 2. The summed E-state index contributed by atoms with van der Waals surface area (Å²) >= 11 is 18.6. The molecule has 2 amide bonds. The number of nitrogens with zero attached hydrogens (tertiary/aromatic N) is 2. The van der Waals surface area contributed by atoms with Gasteiger partial charge in [-0.05, 0) is 43.2 Å². The van der Waals surface area contributed by atoms with E-state index in [9.17, 15) is 18.0 Å². The lowest BCUT2D eigenvalue weighted by molar-refractivity contribution is -0.139. The van der Waals surface area contributed by atoms with Crippen LogP contribution in [0.5, 0.6) is 0 Å². The van der Waals surface area contributed by atoms with Gasteiger partial charge in [0, 0.05) is 23.1 Å². The van der Waals surface area contributed by atoms with Crippen LogP contribution >= 0.6 is 34.8 Å². The van der Waals surface area contributed by atoms with Gasteiger partial charge in [-0.25, -0.2) is 8.42 Å². The molecule has 1 N–H and O–H groups in total. The molecule has 1 atom stereocenters. The highest BCUT2D eigenvalue weighted by molar-refractivity contribution is 7.92. The van der Waals surface area contributed by atoms with Gasteiger partial charge in [-0.1, -0.05) is 66.3 Å². The minimum absolute atomic E-state index is 0.0156. The largest absolute Gasteiger partial charge is 0.354 e. The Kier molecular flexibility index (Phi) is 10.5. The molecule has 1 unspecified atom stereocenters. The molecule has 0 aliphatic heterocycles. The van der Waals surface area contributed by atoms with Crippen molar-refractivity contribution < 1.29 is 18.0 Å². The van der Waals surface area contributed by atoms with Crippen molar-refractivity contribution in [2.24, 2.45) is 0 Å². The standard InChI is InChI=1S/C23H28Cl3N3O4S/c1-4-5-12-27-23(31)16(2)28(14-17-8-6-7-9-19(17)25)22(30)15-29(34(3,32)33)21-13-18(24)10-11-20(21)26/h6-11,13,16H,4-5,12,14-15H2,1-3H3,(H,27,31). The average Bonchev–Trinajstić information content (AvgIpc) is 2.77. The van der Waals surface area contributed by atoms with Crippen LogP contribution in [0.25, 0.3) is 0 Å². The van der Waals surface area contributed by atoms with E-state index in [0.29, 0.717) is 17.1 Å². The Morgan fingerprint density at radius 2 is 1.74 bits per heavy atom. The van der Waals surface area contributed by atoms with E-state index in [0.717, 1.165) is 23.4 Å². The van der Waals surface area contributed by atoms with E-state index >= 15 is 0 Å². The molecule has 0 aliphatic rings. The van der Waals surface area contributed by atoms with Crippen molar-refractivity contribution >= 4 is 62.3 Å². The molecule has 0 radical (unpaired) electrons. The summed E-state index contributed by atoms with van der Waals surface area (Å²) in [6.07, 6.45) is 2.67. The molecule has 7 nitrogen and oxygen atoms in total. The van der Waals surface area contributed by atoms with Crippen LogP contribution in [0.2, 0.25) is 15.1 Å². The van der Waals surface area contributed by atoms with Crippen LogP contribution in [0.1, 0.15) is 32.3 Å². The van der Waals surface area contributed by atoms with Crippen molar-refractivity contribution in [2.45, 2.75) is 39.3 Å². The fraction of sp³-hybridized carbons (Fsp3) is 0.391. The first kappa shape index (κ1) is 28.2. The topological polar surface area (TPSA) is 86.8 Å². The van der Waals surface area contributed by atoms with E-state index in [1.54, 1.807) is 31.2 Å². The Hall–Kier alpha value is -2.00. The third kappa shape index (κ3) is 7.77. The molecule has 2 aromatic carbocycles. The second-order valence-electron chi connectivity index (χ2n) is 7.80. The molecule has 0 fully saturated rings. The summed E-state index contributed by atoms with van der Waals surface area (Å²) in [6, 6.07) is 10.4. The molecule has 11 heteroatoms. The molecule has 0 heterocycles. The second-order valence-corrected chi connectivity index (χ2v) is 11.0. The minimum Gasteiger partial charge on any atom is -0.354 e. The number of hydrogen-bond donors (Lipinski definition) is 1. The van der Waals surface area contributed by atoms with Gasteiger partial charge in [-0.2, -0.15) is 0 Å². The zero-order valence-electron chi connectivity index (χ0n) is 19.2. The Morgan fingerprint density at radius 1 is 1.06 bits per heavy atom.